The summed E-state index contributed by atoms with van der Waals surface area (Å²) in [4.78, 5) is 14.6. The summed E-state index contributed by atoms with van der Waals surface area (Å²) < 4.78 is 1.03. The number of hydrogen-bond acceptors (Lipinski definition) is 2. The number of nitrogens with zero attached hydrogens (tertiary/aromatic N) is 1. The normalized spacial score (nSPS) is 16.3. The maximum atomic E-state index is 12.6. The van der Waals surface area contributed by atoms with Crippen molar-refractivity contribution in [3.05, 3.63) is 58.1 Å². The highest BCUT2D eigenvalue weighted by molar-refractivity contribution is 9.10. The monoisotopic (exact) mass is 372 g/mol. The Balaban J connectivity index is 1.62. The van der Waals surface area contributed by atoms with Gasteiger partial charge in [0.25, 0.3) is 0 Å². The zero-order valence-corrected chi connectivity index (χ0v) is 15.1. The van der Waals surface area contributed by atoms with Crippen LogP contribution in [-0.4, -0.2) is 18.5 Å². The van der Waals surface area contributed by atoms with Gasteiger partial charge in [0.05, 0.1) is 0 Å². The summed E-state index contributed by atoms with van der Waals surface area (Å²) in [5, 5.41) is 3.34. The molecule has 2 aromatic carbocycles. The van der Waals surface area contributed by atoms with Crippen molar-refractivity contribution >= 4 is 33.2 Å². The van der Waals surface area contributed by atoms with E-state index in [0.717, 1.165) is 22.3 Å². The fourth-order valence-electron chi connectivity index (χ4n) is 3.13. The van der Waals surface area contributed by atoms with Crippen molar-refractivity contribution in [1.82, 2.24) is 0 Å². The molecule has 0 aliphatic carbocycles. The average molecular weight is 373 g/mol. The van der Waals surface area contributed by atoms with Crippen molar-refractivity contribution in [3.8, 4) is 0 Å². The number of rotatable bonds is 4. The van der Waals surface area contributed by atoms with Gasteiger partial charge in [-0.1, -0.05) is 24.3 Å². The van der Waals surface area contributed by atoms with Gasteiger partial charge in [-0.15, -0.1) is 0 Å². The van der Waals surface area contributed by atoms with Gasteiger partial charge in [-0.2, -0.15) is 0 Å². The predicted octanol–water partition coefficient (Wildman–Crippen LogP) is 4.54. The van der Waals surface area contributed by atoms with E-state index < -0.39 is 0 Å². The van der Waals surface area contributed by atoms with Crippen LogP contribution in [0.25, 0.3) is 0 Å². The highest BCUT2D eigenvalue weighted by atomic mass is 79.9. The number of anilines is 2. The molecule has 3 nitrogen and oxygen atoms in total. The fraction of sp³-hybridized carbons (Fsp3) is 0.316. The summed E-state index contributed by atoms with van der Waals surface area (Å²) in [6, 6.07) is 14.6. The first-order valence-corrected chi connectivity index (χ1v) is 8.75. The molecule has 0 saturated heterocycles. The smallest absolute Gasteiger partial charge is 0.229 e. The molecule has 0 bridgehead atoms. The first-order valence-electron chi connectivity index (χ1n) is 7.96. The van der Waals surface area contributed by atoms with E-state index in [4.69, 9.17) is 0 Å². The van der Waals surface area contributed by atoms with Gasteiger partial charge < -0.3 is 10.2 Å². The van der Waals surface area contributed by atoms with Crippen LogP contribution in [-0.2, 0) is 11.2 Å². The molecule has 0 saturated carbocycles. The second kappa shape index (κ2) is 6.75. The van der Waals surface area contributed by atoms with Crippen molar-refractivity contribution in [2.24, 2.45) is 0 Å². The van der Waals surface area contributed by atoms with Crippen LogP contribution in [0.3, 0.4) is 0 Å². The SMILES string of the molecule is Cc1ccc(NCCC(=O)N2c3ccccc3CC2C)c(Br)c1. The van der Waals surface area contributed by atoms with Crippen LogP contribution in [0.15, 0.2) is 46.9 Å². The summed E-state index contributed by atoms with van der Waals surface area (Å²) in [5.41, 5.74) is 4.57. The van der Waals surface area contributed by atoms with E-state index in [9.17, 15) is 4.79 Å². The third kappa shape index (κ3) is 3.42. The van der Waals surface area contributed by atoms with Crippen LogP contribution in [0.2, 0.25) is 0 Å². The highest BCUT2D eigenvalue weighted by Crippen LogP contribution is 2.32. The Bertz CT molecular complexity index is 729. The van der Waals surface area contributed by atoms with Gasteiger partial charge in [0.15, 0.2) is 0 Å². The highest BCUT2D eigenvalue weighted by Gasteiger charge is 2.29. The quantitative estimate of drug-likeness (QED) is 0.854. The fourth-order valence-corrected chi connectivity index (χ4v) is 3.77. The number of halogens is 1. The Morgan fingerprint density at radius 1 is 1.30 bits per heavy atom. The Morgan fingerprint density at radius 3 is 2.87 bits per heavy atom. The first-order chi connectivity index (χ1) is 11.1. The molecule has 23 heavy (non-hydrogen) atoms. The molecule has 0 radical (unpaired) electrons. The van der Waals surface area contributed by atoms with Gasteiger partial charge in [0.2, 0.25) is 5.91 Å². The molecule has 1 amide bonds. The van der Waals surface area contributed by atoms with Crippen LogP contribution in [0.4, 0.5) is 11.4 Å². The second-order valence-corrected chi connectivity index (χ2v) is 6.96. The number of benzene rings is 2. The van der Waals surface area contributed by atoms with Crippen molar-refractivity contribution in [2.75, 3.05) is 16.8 Å². The molecule has 1 aliphatic rings. The van der Waals surface area contributed by atoms with Crippen molar-refractivity contribution in [1.29, 1.82) is 0 Å². The molecular formula is C19H21BrN2O. The molecule has 1 aliphatic heterocycles. The maximum Gasteiger partial charge on any atom is 0.229 e. The molecule has 2 aromatic rings. The van der Waals surface area contributed by atoms with E-state index in [2.05, 4.69) is 53.3 Å². The maximum absolute atomic E-state index is 12.6. The lowest BCUT2D eigenvalue weighted by Gasteiger charge is -2.23. The summed E-state index contributed by atoms with van der Waals surface area (Å²) in [5.74, 6) is 0.179. The molecule has 3 rings (SSSR count). The number of para-hydroxylation sites is 1. The third-order valence-corrected chi connectivity index (χ3v) is 4.91. The zero-order valence-electron chi connectivity index (χ0n) is 13.5. The lowest BCUT2D eigenvalue weighted by atomic mass is 10.1. The predicted molar refractivity (Wildman–Crippen MR) is 99.1 cm³/mol. The average Bonchev–Trinajstić information content (AvgIpc) is 2.85. The molecule has 1 heterocycles. The summed E-state index contributed by atoms with van der Waals surface area (Å²) in [6.07, 6.45) is 1.43. The van der Waals surface area contributed by atoms with E-state index in [1.165, 1.54) is 11.1 Å². The number of hydrogen-bond donors (Lipinski definition) is 1. The van der Waals surface area contributed by atoms with Crippen LogP contribution < -0.4 is 10.2 Å². The topological polar surface area (TPSA) is 32.3 Å². The third-order valence-electron chi connectivity index (χ3n) is 4.25. The minimum atomic E-state index is 0.179. The number of nitrogens with one attached hydrogen (secondary N) is 1. The van der Waals surface area contributed by atoms with Crippen molar-refractivity contribution in [2.45, 2.75) is 32.7 Å². The largest absolute Gasteiger partial charge is 0.384 e. The molecule has 0 aromatic heterocycles. The number of carbonyl (C=O) groups excluding carboxylic acids is 1. The van der Waals surface area contributed by atoms with E-state index in [1.54, 1.807) is 0 Å². The molecule has 1 N–H and O–H groups in total. The van der Waals surface area contributed by atoms with E-state index in [1.807, 2.05) is 29.2 Å². The lowest BCUT2D eigenvalue weighted by molar-refractivity contribution is -0.118. The summed E-state index contributed by atoms with van der Waals surface area (Å²) in [7, 11) is 0. The molecule has 1 unspecified atom stereocenters. The second-order valence-electron chi connectivity index (χ2n) is 6.11. The lowest BCUT2D eigenvalue weighted by Crippen LogP contribution is -2.36. The molecular weight excluding hydrogens is 352 g/mol. The molecule has 1 atom stereocenters. The molecule has 4 heteroatoms. The molecule has 0 spiro atoms. The van der Waals surface area contributed by atoms with Gasteiger partial charge in [0, 0.05) is 34.9 Å². The van der Waals surface area contributed by atoms with Gasteiger partial charge in [-0.05, 0) is 65.5 Å². The molecule has 120 valence electrons. The number of fused-ring (bicyclic) bond motifs is 1. The Hall–Kier alpha value is -1.81. The van der Waals surface area contributed by atoms with Gasteiger partial charge in [0.1, 0.15) is 0 Å². The van der Waals surface area contributed by atoms with Crippen molar-refractivity contribution in [3.63, 3.8) is 0 Å². The standard InChI is InChI=1S/C19H21BrN2O/c1-13-7-8-17(16(20)11-13)21-10-9-19(23)22-14(2)12-15-5-3-4-6-18(15)22/h3-8,11,14,21H,9-10,12H2,1-2H3. The number of amides is 1. The number of carbonyl (C=O) groups is 1. The van der Waals surface area contributed by atoms with Crippen LogP contribution in [0.5, 0.6) is 0 Å². The van der Waals surface area contributed by atoms with Gasteiger partial charge in [-0.25, -0.2) is 0 Å². The van der Waals surface area contributed by atoms with Crippen LogP contribution in [0, 0.1) is 6.92 Å². The van der Waals surface area contributed by atoms with E-state index in [-0.39, 0.29) is 11.9 Å². The Kier molecular flexibility index (Phi) is 4.71. The van der Waals surface area contributed by atoms with Crippen LogP contribution in [0.1, 0.15) is 24.5 Å². The van der Waals surface area contributed by atoms with Gasteiger partial charge >= 0.3 is 0 Å². The minimum Gasteiger partial charge on any atom is -0.384 e. The van der Waals surface area contributed by atoms with Gasteiger partial charge in [-0.3, -0.25) is 4.79 Å². The van der Waals surface area contributed by atoms with E-state index >= 15 is 0 Å². The Morgan fingerprint density at radius 2 is 2.09 bits per heavy atom. The van der Waals surface area contributed by atoms with Crippen LogP contribution >= 0.6 is 15.9 Å². The van der Waals surface area contributed by atoms with Crippen molar-refractivity contribution < 1.29 is 4.79 Å². The first kappa shape index (κ1) is 16.1. The summed E-state index contributed by atoms with van der Waals surface area (Å²) in [6.45, 7) is 4.80. The minimum absolute atomic E-state index is 0.179. The van der Waals surface area contributed by atoms with E-state index in [0.29, 0.717) is 13.0 Å². The summed E-state index contributed by atoms with van der Waals surface area (Å²) >= 11 is 3.55. The molecule has 0 fully saturated rings. The number of aryl methyl sites for hydroxylation is 1. The zero-order chi connectivity index (χ0) is 16.4. The Labute approximate surface area is 145 Å².